The summed E-state index contributed by atoms with van der Waals surface area (Å²) < 4.78 is 10.6. The van der Waals surface area contributed by atoms with Gasteiger partial charge >= 0.3 is 5.69 Å². The lowest BCUT2D eigenvalue weighted by Gasteiger charge is -2.09. The first-order chi connectivity index (χ1) is 13.3. The van der Waals surface area contributed by atoms with Crippen LogP contribution in [0.15, 0.2) is 35.4 Å². The highest BCUT2D eigenvalue weighted by atomic mass is 16.6. The van der Waals surface area contributed by atoms with E-state index in [-0.39, 0.29) is 24.5 Å². The minimum absolute atomic E-state index is 0.0392. The third-order valence-electron chi connectivity index (χ3n) is 3.67. The second-order valence-electron chi connectivity index (χ2n) is 5.93. The molecule has 28 heavy (non-hydrogen) atoms. The molecule has 0 bridgehead atoms. The van der Waals surface area contributed by atoms with E-state index in [0.29, 0.717) is 5.75 Å². The summed E-state index contributed by atoms with van der Waals surface area (Å²) in [5.41, 5.74) is 4.05. The van der Waals surface area contributed by atoms with Crippen LogP contribution in [-0.2, 0) is 4.79 Å². The summed E-state index contributed by atoms with van der Waals surface area (Å²) in [6, 6.07) is 8.12. The van der Waals surface area contributed by atoms with Crippen LogP contribution < -0.4 is 14.9 Å². The van der Waals surface area contributed by atoms with E-state index < -0.39 is 22.3 Å². The van der Waals surface area contributed by atoms with Gasteiger partial charge in [0.2, 0.25) is 5.75 Å². The molecule has 0 spiro atoms. The first-order valence-electron chi connectivity index (χ1n) is 8.48. The van der Waals surface area contributed by atoms with E-state index in [2.05, 4.69) is 10.5 Å². The maximum absolute atomic E-state index is 11.9. The summed E-state index contributed by atoms with van der Waals surface area (Å²) in [4.78, 5) is 22.2. The van der Waals surface area contributed by atoms with Crippen LogP contribution in [0.1, 0.15) is 23.6 Å². The summed E-state index contributed by atoms with van der Waals surface area (Å²) in [6.45, 7) is 5.51. The van der Waals surface area contributed by atoms with Crippen LogP contribution in [0.25, 0.3) is 0 Å². The van der Waals surface area contributed by atoms with Crippen LogP contribution in [0.5, 0.6) is 17.2 Å². The summed E-state index contributed by atoms with van der Waals surface area (Å²) in [5, 5.41) is 24.6. The quantitative estimate of drug-likeness (QED) is 0.408. The average Bonchev–Trinajstić information content (AvgIpc) is 2.63. The first kappa shape index (κ1) is 20.7. The highest BCUT2D eigenvalue weighted by molar-refractivity contribution is 5.85. The fourth-order valence-corrected chi connectivity index (χ4v) is 2.41. The van der Waals surface area contributed by atoms with Crippen molar-refractivity contribution in [2.75, 3.05) is 13.2 Å². The van der Waals surface area contributed by atoms with Gasteiger partial charge in [0.05, 0.1) is 17.7 Å². The number of aryl methyl sites for hydroxylation is 2. The molecule has 2 aromatic carbocycles. The van der Waals surface area contributed by atoms with E-state index in [9.17, 15) is 20.0 Å². The second-order valence-corrected chi connectivity index (χ2v) is 5.93. The van der Waals surface area contributed by atoms with Gasteiger partial charge in [0.1, 0.15) is 5.75 Å². The molecule has 148 valence electrons. The fraction of sp³-hybridized carbons (Fsp3) is 0.263. The molecule has 0 saturated carbocycles. The number of benzene rings is 2. The van der Waals surface area contributed by atoms with Gasteiger partial charge in [0.15, 0.2) is 12.4 Å². The fourth-order valence-electron chi connectivity index (χ4n) is 2.41. The maximum Gasteiger partial charge on any atom is 0.315 e. The Labute approximate surface area is 161 Å². The highest BCUT2D eigenvalue weighted by Gasteiger charge is 2.19. The van der Waals surface area contributed by atoms with Crippen molar-refractivity contribution in [1.82, 2.24) is 5.43 Å². The number of carbonyl (C=O) groups is 1. The summed E-state index contributed by atoms with van der Waals surface area (Å²) in [6.07, 6.45) is 1.21. The maximum atomic E-state index is 11.9. The second kappa shape index (κ2) is 9.36. The number of hydrazone groups is 1. The number of ether oxygens (including phenoxy) is 2. The van der Waals surface area contributed by atoms with E-state index in [1.807, 2.05) is 26.0 Å². The minimum atomic E-state index is -0.731. The van der Waals surface area contributed by atoms with Crippen molar-refractivity contribution in [2.45, 2.75) is 20.8 Å². The molecule has 0 aliphatic heterocycles. The van der Waals surface area contributed by atoms with Gasteiger partial charge in [-0.1, -0.05) is 17.7 Å². The predicted molar refractivity (Wildman–Crippen MR) is 103 cm³/mol. The number of nitro groups is 1. The van der Waals surface area contributed by atoms with Crippen molar-refractivity contribution in [3.05, 3.63) is 57.1 Å². The van der Waals surface area contributed by atoms with Crippen LogP contribution in [0.4, 0.5) is 5.69 Å². The molecule has 0 aliphatic carbocycles. The highest BCUT2D eigenvalue weighted by Crippen LogP contribution is 2.36. The standard InChI is InChI=1S/C19H21N3O6/c1-4-27-17-9-14(8-15(19(17)24)22(25)26)10-20-21-18(23)11-28-16-6-5-12(2)7-13(16)3/h5-10,24H,4,11H2,1-3H3,(H,21,23). The summed E-state index contributed by atoms with van der Waals surface area (Å²) in [5.74, 6) is -0.493. The van der Waals surface area contributed by atoms with Gasteiger partial charge < -0.3 is 14.6 Å². The Morgan fingerprint density at radius 1 is 1.25 bits per heavy atom. The Balaban J connectivity index is 2.01. The Hall–Kier alpha value is -3.62. The zero-order valence-corrected chi connectivity index (χ0v) is 15.8. The molecule has 2 aromatic rings. The third kappa shape index (κ3) is 5.44. The number of phenolic OH excluding ortho intramolecular Hbond substituents is 1. The molecule has 0 heterocycles. The van der Waals surface area contributed by atoms with Crippen molar-refractivity contribution in [1.29, 1.82) is 0 Å². The van der Waals surface area contributed by atoms with Crippen molar-refractivity contribution < 1.29 is 24.3 Å². The molecule has 0 fully saturated rings. The normalized spacial score (nSPS) is 10.7. The topological polar surface area (TPSA) is 123 Å². The molecule has 2 N–H and O–H groups in total. The van der Waals surface area contributed by atoms with E-state index in [1.165, 1.54) is 12.3 Å². The Bertz CT molecular complexity index is 911. The van der Waals surface area contributed by atoms with Gasteiger partial charge in [0, 0.05) is 11.6 Å². The molecule has 0 aromatic heterocycles. The molecule has 0 saturated heterocycles. The minimum Gasteiger partial charge on any atom is -0.500 e. The SMILES string of the molecule is CCOc1cc(C=NNC(=O)COc2ccc(C)cc2C)cc([N+](=O)[O-])c1O. The molecule has 0 radical (unpaired) electrons. The number of amides is 1. The van der Waals surface area contributed by atoms with Gasteiger partial charge in [-0.05, 0) is 38.5 Å². The molecule has 9 heteroatoms. The lowest BCUT2D eigenvalue weighted by molar-refractivity contribution is -0.386. The molecule has 0 unspecified atom stereocenters. The predicted octanol–water partition coefficient (Wildman–Crippen LogP) is 2.85. The first-order valence-corrected chi connectivity index (χ1v) is 8.48. The number of aromatic hydroxyl groups is 1. The van der Waals surface area contributed by atoms with Gasteiger partial charge in [-0.15, -0.1) is 0 Å². The summed E-state index contributed by atoms with van der Waals surface area (Å²) in [7, 11) is 0. The van der Waals surface area contributed by atoms with E-state index in [1.54, 1.807) is 13.0 Å². The number of carbonyl (C=O) groups excluding carboxylic acids is 1. The van der Waals surface area contributed by atoms with E-state index in [0.717, 1.165) is 17.2 Å². The van der Waals surface area contributed by atoms with Crippen LogP contribution in [-0.4, -0.2) is 35.4 Å². The average molecular weight is 387 g/mol. The van der Waals surface area contributed by atoms with E-state index in [4.69, 9.17) is 9.47 Å². The smallest absolute Gasteiger partial charge is 0.315 e. The van der Waals surface area contributed by atoms with Gasteiger partial charge in [0.25, 0.3) is 5.91 Å². The Morgan fingerprint density at radius 2 is 2.00 bits per heavy atom. The lowest BCUT2D eigenvalue weighted by atomic mass is 10.1. The lowest BCUT2D eigenvalue weighted by Crippen LogP contribution is -2.24. The van der Waals surface area contributed by atoms with Crippen molar-refractivity contribution in [3.63, 3.8) is 0 Å². The van der Waals surface area contributed by atoms with Crippen LogP contribution in [0.3, 0.4) is 0 Å². The summed E-state index contributed by atoms with van der Waals surface area (Å²) >= 11 is 0. The number of nitrogens with zero attached hydrogens (tertiary/aromatic N) is 2. The molecule has 0 aliphatic rings. The zero-order chi connectivity index (χ0) is 20.7. The molecular formula is C19H21N3O6. The largest absolute Gasteiger partial charge is 0.500 e. The Kier molecular flexibility index (Phi) is 6.91. The number of rotatable bonds is 8. The monoisotopic (exact) mass is 387 g/mol. The molecule has 9 nitrogen and oxygen atoms in total. The number of nitro benzene ring substituents is 1. The van der Waals surface area contributed by atoms with Crippen LogP contribution in [0, 0.1) is 24.0 Å². The van der Waals surface area contributed by atoms with Crippen molar-refractivity contribution >= 4 is 17.8 Å². The van der Waals surface area contributed by atoms with Crippen LogP contribution >= 0.6 is 0 Å². The van der Waals surface area contributed by atoms with Gasteiger partial charge in [-0.2, -0.15) is 5.10 Å². The van der Waals surface area contributed by atoms with Crippen molar-refractivity contribution in [3.8, 4) is 17.2 Å². The number of phenols is 1. The van der Waals surface area contributed by atoms with Crippen molar-refractivity contribution in [2.24, 2.45) is 5.10 Å². The number of nitrogens with one attached hydrogen (secondary N) is 1. The van der Waals surface area contributed by atoms with E-state index >= 15 is 0 Å². The molecule has 0 atom stereocenters. The number of hydrogen-bond donors (Lipinski definition) is 2. The van der Waals surface area contributed by atoms with Crippen LogP contribution in [0.2, 0.25) is 0 Å². The molecular weight excluding hydrogens is 366 g/mol. The number of hydrogen-bond acceptors (Lipinski definition) is 7. The van der Waals surface area contributed by atoms with Gasteiger partial charge in [-0.3, -0.25) is 14.9 Å². The Morgan fingerprint density at radius 3 is 2.64 bits per heavy atom. The molecule has 1 amide bonds. The molecule has 2 rings (SSSR count). The van der Waals surface area contributed by atoms with Gasteiger partial charge in [-0.25, -0.2) is 5.43 Å². The third-order valence-corrected chi connectivity index (χ3v) is 3.67. The zero-order valence-electron chi connectivity index (χ0n) is 15.8.